The Balaban J connectivity index is 0.00000128. The summed E-state index contributed by atoms with van der Waals surface area (Å²) < 4.78 is 0. The maximum absolute atomic E-state index is 4.23. The Morgan fingerprint density at radius 1 is 0.812 bits per heavy atom. The fourth-order valence-corrected chi connectivity index (χ4v) is 1.32. The quantitative estimate of drug-likeness (QED) is 0.855. The van der Waals surface area contributed by atoms with E-state index >= 15 is 0 Å². The van der Waals surface area contributed by atoms with E-state index < -0.39 is 0 Å². The zero-order valence-electron chi connectivity index (χ0n) is 9.13. The van der Waals surface area contributed by atoms with Crippen molar-refractivity contribution in [3.05, 3.63) is 60.2 Å². The third-order valence-electron chi connectivity index (χ3n) is 2.06. The summed E-state index contributed by atoms with van der Waals surface area (Å²) in [7, 11) is 0. The van der Waals surface area contributed by atoms with Crippen molar-refractivity contribution in [1.29, 1.82) is 0 Å². The van der Waals surface area contributed by atoms with Gasteiger partial charge in [0.15, 0.2) is 0 Å². The summed E-state index contributed by atoms with van der Waals surface area (Å²) in [6, 6.07) is 11.8. The van der Waals surface area contributed by atoms with Crippen molar-refractivity contribution < 1.29 is 19.5 Å². The molecule has 0 bridgehead atoms. The molecule has 2 aromatic rings. The standard InChI is InChI=1S/C12H13N3.Zn/c1-3-7-14-11(5-1)9-13-10-12-6-2-4-8-15-12;/h1-8,13H,9-10H2;. The second-order valence-corrected chi connectivity index (χ2v) is 3.25. The first-order valence-electron chi connectivity index (χ1n) is 4.96. The van der Waals surface area contributed by atoms with Crippen molar-refractivity contribution in [2.45, 2.75) is 13.1 Å². The van der Waals surface area contributed by atoms with E-state index in [4.69, 9.17) is 0 Å². The van der Waals surface area contributed by atoms with Gasteiger partial charge in [0.2, 0.25) is 0 Å². The summed E-state index contributed by atoms with van der Waals surface area (Å²) in [4.78, 5) is 8.45. The fraction of sp³-hybridized carbons (Fsp3) is 0.167. The van der Waals surface area contributed by atoms with Crippen LogP contribution in [-0.4, -0.2) is 9.97 Å². The number of pyridine rings is 2. The van der Waals surface area contributed by atoms with E-state index in [-0.39, 0.29) is 19.5 Å². The van der Waals surface area contributed by atoms with Gasteiger partial charge in [0, 0.05) is 45.0 Å². The van der Waals surface area contributed by atoms with Gasteiger partial charge in [0.25, 0.3) is 0 Å². The summed E-state index contributed by atoms with van der Waals surface area (Å²) in [6.07, 6.45) is 3.61. The van der Waals surface area contributed by atoms with Gasteiger partial charge in [0.1, 0.15) is 0 Å². The monoisotopic (exact) mass is 263 g/mol. The average Bonchev–Trinajstić information content (AvgIpc) is 2.32. The molecule has 0 saturated carbocycles. The van der Waals surface area contributed by atoms with E-state index in [1.807, 2.05) is 36.4 Å². The molecule has 0 aliphatic heterocycles. The molecule has 2 aromatic heterocycles. The molecule has 1 N–H and O–H groups in total. The maximum atomic E-state index is 4.23. The molecule has 0 spiro atoms. The SMILES string of the molecule is [Zn].c1ccc(CNCc2ccccn2)nc1. The second-order valence-electron chi connectivity index (χ2n) is 3.25. The van der Waals surface area contributed by atoms with Crippen molar-refractivity contribution >= 4 is 0 Å². The Bertz CT molecular complexity index is 352. The normalized spacial score (nSPS) is 9.50. The summed E-state index contributed by atoms with van der Waals surface area (Å²) in [5, 5.41) is 3.29. The minimum atomic E-state index is 0. The van der Waals surface area contributed by atoms with Gasteiger partial charge in [0.05, 0.1) is 11.4 Å². The van der Waals surface area contributed by atoms with Crippen LogP contribution in [-0.2, 0) is 32.6 Å². The predicted octanol–water partition coefficient (Wildman–Crippen LogP) is 1.76. The largest absolute Gasteiger partial charge is 0.306 e. The topological polar surface area (TPSA) is 37.8 Å². The van der Waals surface area contributed by atoms with Gasteiger partial charge in [-0.05, 0) is 24.3 Å². The molecule has 0 aliphatic rings. The van der Waals surface area contributed by atoms with Crippen LogP contribution in [0.4, 0.5) is 0 Å². The molecule has 16 heavy (non-hydrogen) atoms. The van der Waals surface area contributed by atoms with Crippen LogP contribution in [0.5, 0.6) is 0 Å². The van der Waals surface area contributed by atoms with E-state index in [0.29, 0.717) is 0 Å². The molecule has 4 heteroatoms. The molecule has 0 amide bonds. The van der Waals surface area contributed by atoms with Gasteiger partial charge < -0.3 is 5.32 Å². The summed E-state index contributed by atoms with van der Waals surface area (Å²) in [5.74, 6) is 0. The van der Waals surface area contributed by atoms with Crippen molar-refractivity contribution in [2.75, 3.05) is 0 Å². The summed E-state index contributed by atoms with van der Waals surface area (Å²) >= 11 is 0. The number of nitrogens with one attached hydrogen (secondary N) is 1. The third kappa shape index (κ3) is 4.17. The number of nitrogens with zero attached hydrogens (tertiary/aromatic N) is 2. The molecular formula is C12H13N3Zn. The Kier molecular flexibility index (Phi) is 5.83. The van der Waals surface area contributed by atoms with Crippen molar-refractivity contribution in [3.63, 3.8) is 0 Å². The molecule has 0 atom stereocenters. The van der Waals surface area contributed by atoms with E-state index in [0.717, 1.165) is 24.5 Å². The average molecular weight is 265 g/mol. The number of rotatable bonds is 4. The van der Waals surface area contributed by atoms with Crippen LogP contribution in [0.2, 0.25) is 0 Å². The van der Waals surface area contributed by atoms with Crippen LogP contribution in [0.1, 0.15) is 11.4 Å². The Morgan fingerprint density at radius 3 is 1.69 bits per heavy atom. The summed E-state index contributed by atoms with van der Waals surface area (Å²) in [6.45, 7) is 1.55. The zero-order chi connectivity index (χ0) is 10.3. The van der Waals surface area contributed by atoms with Gasteiger partial charge in [-0.3, -0.25) is 9.97 Å². The molecule has 0 aliphatic carbocycles. The molecule has 0 radical (unpaired) electrons. The Morgan fingerprint density at radius 2 is 1.31 bits per heavy atom. The van der Waals surface area contributed by atoms with Crippen LogP contribution in [0.15, 0.2) is 48.8 Å². The Labute approximate surface area is 108 Å². The number of hydrogen-bond donors (Lipinski definition) is 1. The fourth-order valence-electron chi connectivity index (χ4n) is 1.32. The molecule has 2 rings (SSSR count). The molecule has 0 saturated heterocycles. The summed E-state index contributed by atoms with van der Waals surface area (Å²) in [5.41, 5.74) is 2.10. The van der Waals surface area contributed by atoms with Crippen molar-refractivity contribution in [2.24, 2.45) is 0 Å². The van der Waals surface area contributed by atoms with Crippen LogP contribution in [0.25, 0.3) is 0 Å². The molecule has 78 valence electrons. The number of hydrogen-bond acceptors (Lipinski definition) is 3. The van der Waals surface area contributed by atoms with Crippen LogP contribution in [0.3, 0.4) is 0 Å². The van der Waals surface area contributed by atoms with Gasteiger partial charge in [-0.25, -0.2) is 0 Å². The third-order valence-corrected chi connectivity index (χ3v) is 2.06. The Hall–Kier alpha value is -1.12. The van der Waals surface area contributed by atoms with Crippen LogP contribution in [0, 0.1) is 0 Å². The van der Waals surface area contributed by atoms with E-state index in [2.05, 4.69) is 15.3 Å². The van der Waals surface area contributed by atoms with E-state index in [1.54, 1.807) is 12.4 Å². The van der Waals surface area contributed by atoms with Crippen molar-refractivity contribution in [3.8, 4) is 0 Å². The first kappa shape index (κ1) is 13.0. The van der Waals surface area contributed by atoms with Crippen LogP contribution >= 0.6 is 0 Å². The second kappa shape index (κ2) is 7.21. The smallest absolute Gasteiger partial charge is 0.0541 e. The zero-order valence-corrected chi connectivity index (χ0v) is 12.1. The van der Waals surface area contributed by atoms with Crippen molar-refractivity contribution in [1.82, 2.24) is 15.3 Å². The van der Waals surface area contributed by atoms with Crippen LogP contribution < -0.4 is 5.32 Å². The molecule has 0 unspecified atom stereocenters. The molecular weight excluding hydrogens is 252 g/mol. The van der Waals surface area contributed by atoms with Gasteiger partial charge >= 0.3 is 0 Å². The van der Waals surface area contributed by atoms with Gasteiger partial charge in [-0.1, -0.05) is 12.1 Å². The minimum Gasteiger partial charge on any atom is -0.306 e. The first-order valence-corrected chi connectivity index (χ1v) is 4.96. The first-order chi connectivity index (χ1) is 7.45. The van der Waals surface area contributed by atoms with E-state index in [9.17, 15) is 0 Å². The van der Waals surface area contributed by atoms with Gasteiger partial charge in [-0.15, -0.1) is 0 Å². The maximum Gasteiger partial charge on any atom is 0.0541 e. The molecule has 3 nitrogen and oxygen atoms in total. The molecule has 2 heterocycles. The van der Waals surface area contributed by atoms with E-state index in [1.165, 1.54) is 0 Å². The predicted molar refractivity (Wildman–Crippen MR) is 59.0 cm³/mol. The minimum absolute atomic E-state index is 0. The molecule has 0 aromatic carbocycles. The number of aromatic nitrogens is 2. The van der Waals surface area contributed by atoms with Gasteiger partial charge in [-0.2, -0.15) is 0 Å². The molecule has 0 fully saturated rings.